The fourth-order valence-corrected chi connectivity index (χ4v) is 5.29. The first kappa shape index (κ1) is 18.3. The summed E-state index contributed by atoms with van der Waals surface area (Å²) >= 11 is 0. The minimum absolute atomic E-state index is 0.0350. The molecule has 2 fully saturated rings. The fourth-order valence-electron chi connectivity index (χ4n) is 3.87. The van der Waals surface area contributed by atoms with Crippen molar-refractivity contribution in [3.63, 3.8) is 0 Å². The van der Waals surface area contributed by atoms with Gasteiger partial charge < -0.3 is 9.73 Å². The number of benzene rings is 1. The zero-order chi connectivity index (χ0) is 18.9. The van der Waals surface area contributed by atoms with Gasteiger partial charge in [-0.1, -0.05) is 36.8 Å². The third-order valence-electron chi connectivity index (χ3n) is 5.60. The third kappa shape index (κ3) is 3.41. The van der Waals surface area contributed by atoms with E-state index in [9.17, 15) is 13.2 Å². The maximum atomic E-state index is 12.7. The molecule has 27 heavy (non-hydrogen) atoms. The van der Waals surface area contributed by atoms with Crippen LogP contribution in [-0.4, -0.2) is 31.7 Å². The Morgan fingerprint density at radius 1 is 0.963 bits per heavy atom. The number of furan rings is 1. The van der Waals surface area contributed by atoms with Crippen LogP contribution in [0.2, 0.25) is 0 Å². The van der Waals surface area contributed by atoms with Gasteiger partial charge in [0.05, 0.1) is 5.54 Å². The van der Waals surface area contributed by atoms with Crippen molar-refractivity contribution in [3.8, 4) is 0 Å². The second kappa shape index (κ2) is 7.13. The first-order valence-electron chi connectivity index (χ1n) is 9.49. The first-order chi connectivity index (χ1) is 13.0. The van der Waals surface area contributed by atoms with Gasteiger partial charge in [-0.05, 0) is 49.8 Å². The number of carbonyl (C=O) groups is 1. The molecular formula is C20H24N2O4S. The van der Waals surface area contributed by atoms with E-state index in [1.165, 1.54) is 16.4 Å². The number of amides is 1. The van der Waals surface area contributed by atoms with E-state index in [1.54, 1.807) is 0 Å². The molecule has 7 heteroatoms. The molecule has 1 saturated heterocycles. The lowest BCUT2D eigenvalue weighted by Crippen LogP contribution is -2.50. The molecule has 144 valence electrons. The Morgan fingerprint density at radius 2 is 1.67 bits per heavy atom. The van der Waals surface area contributed by atoms with Crippen molar-refractivity contribution in [3.05, 3.63) is 53.8 Å². The topological polar surface area (TPSA) is 79.6 Å². The number of rotatable bonds is 5. The molecule has 0 atom stereocenters. The van der Waals surface area contributed by atoms with E-state index < -0.39 is 15.6 Å². The van der Waals surface area contributed by atoms with Crippen LogP contribution in [0.15, 0.2) is 52.0 Å². The van der Waals surface area contributed by atoms with Crippen LogP contribution in [0.3, 0.4) is 0 Å². The summed E-state index contributed by atoms with van der Waals surface area (Å²) in [5, 5.41) is 2.91. The van der Waals surface area contributed by atoms with Crippen LogP contribution in [0, 0.1) is 0 Å². The number of sulfonamides is 1. The van der Waals surface area contributed by atoms with Crippen LogP contribution in [0.4, 0.5) is 0 Å². The maximum Gasteiger partial charge on any atom is 0.287 e. The summed E-state index contributed by atoms with van der Waals surface area (Å²) in [6.45, 7) is 1.00. The molecule has 2 aromatic rings. The minimum Gasteiger partial charge on any atom is -0.438 e. The highest BCUT2D eigenvalue weighted by Gasteiger charge is 2.40. The highest BCUT2D eigenvalue weighted by atomic mass is 32.2. The van der Waals surface area contributed by atoms with Gasteiger partial charge in [-0.15, -0.1) is 0 Å². The summed E-state index contributed by atoms with van der Waals surface area (Å²) in [6.07, 6.45) is 5.52. The van der Waals surface area contributed by atoms with Crippen molar-refractivity contribution < 1.29 is 17.6 Å². The molecule has 1 aliphatic heterocycles. The van der Waals surface area contributed by atoms with Crippen LogP contribution >= 0.6 is 0 Å². The van der Waals surface area contributed by atoms with E-state index in [2.05, 4.69) is 5.32 Å². The lowest BCUT2D eigenvalue weighted by Gasteiger charge is -2.42. The fraction of sp³-hybridized carbons (Fsp3) is 0.450. The largest absolute Gasteiger partial charge is 0.438 e. The van der Waals surface area contributed by atoms with E-state index in [4.69, 9.17) is 4.42 Å². The molecule has 0 spiro atoms. The molecule has 0 bridgehead atoms. The molecule has 1 aromatic heterocycles. The van der Waals surface area contributed by atoms with E-state index in [0.29, 0.717) is 13.1 Å². The molecule has 1 aliphatic carbocycles. The minimum atomic E-state index is -3.68. The molecular weight excluding hydrogens is 364 g/mol. The SMILES string of the molecule is O=C(NC1(c2ccccc2)CCC1)c1ccc(S(=O)(=O)N2CCCCC2)o1. The van der Waals surface area contributed by atoms with Gasteiger partial charge in [0, 0.05) is 13.1 Å². The quantitative estimate of drug-likeness (QED) is 0.853. The predicted molar refractivity (Wildman–Crippen MR) is 101 cm³/mol. The van der Waals surface area contributed by atoms with Crippen molar-refractivity contribution in [1.29, 1.82) is 0 Å². The molecule has 1 saturated carbocycles. The van der Waals surface area contributed by atoms with Gasteiger partial charge in [0.15, 0.2) is 5.76 Å². The Morgan fingerprint density at radius 3 is 2.30 bits per heavy atom. The number of piperidine rings is 1. The number of hydrogen-bond acceptors (Lipinski definition) is 4. The second-order valence-corrected chi connectivity index (χ2v) is 9.21. The van der Waals surface area contributed by atoms with Gasteiger partial charge in [-0.3, -0.25) is 4.79 Å². The first-order valence-corrected chi connectivity index (χ1v) is 10.9. The summed E-state index contributed by atoms with van der Waals surface area (Å²) in [7, 11) is -3.68. The normalized spacial score (nSPS) is 20.0. The zero-order valence-corrected chi connectivity index (χ0v) is 16.0. The average Bonchev–Trinajstić information content (AvgIpc) is 3.17. The van der Waals surface area contributed by atoms with Gasteiger partial charge in [-0.25, -0.2) is 8.42 Å². The summed E-state index contributed by atoms with van der Waals surface area (Å²) < 4.78 is 32.3. The van der Waals surface area contributed by atoms with Crippen LogP contribution in [-0.2, 0) is 15.6 Å². The number of nitrogens with zero attached hydrogens (tertiary/aromatic N) is 1. The van der Waals surface area contributed by atoms with Crippen molar-refractivity contribution in [1.82, 2.24) is 9.62 Å². The van der Waals surface area contributed by atoms with E-state index in [-0.39, 0.29) is 16.8 Å². The van der Waals surface area contributed by atoms with Crippen LogP contribution < -0.4 is 5.32 Å². The van der Waals surface area contributed by atoms with Gasteiger partial charge in [-0.2, -0.15) is 4.31 Å². The van der Waals surface area contributed by atoms with E-state index in [1.807, 2.05) is 30.3 Å². The summed E-state index contributed by atoms with van der Waals surface area (Å²) in [5.74, 6) is -0.341. The van der Waals surface area contributed by atoms with Gasteiger partial charge >= 0.3 is 0 Å². The Kier molecular flexibility index (Phi) is 4.82. The third-order valence-corrected chi connectivity index (χ3v) is 7.37. The van der Waals surface area contributed by atoms with Gasteiger partial charge in [0.1, 0.15) is 0 Å². The maximum absolute atomic E-state index is 12.7. The zero-order valence-electron chi connectivity index (χ0n) is 15.2. The summed E-state index contributed by atoms with van der Waals surface area (Å²) in [4.78, 5) is 12.7. The number of carbonyl (C=O) groups excluding carboxylic acids is 1. The van der Waals surface area contributed by atoms with Gasteiger partial charge in [0.25, 0.3) is 15.9 Å². The standard InChI is InChI=1S/C20H24N2O4S/c23-19(21-20(12-7-13-20)16-8-3-1-4-9-16)17-10-11-18(26-17)27(24,25)22-14-5-2-6-15-22/h1,3-4,8-11H,2,5-7,12-15H2,(H,21,23). The van der Waals surface area contributed by atoms with E-state index >= 15 is 0 Å². The molecule has 2 heterocycles. The molecule has 2 aliphatic rings. The van der Waals surface area contributed by atoms with Crippen molar-refractivity contribution >= 4 is 15.9 Å². The lowest BCUT2D eigenvalue weighted by atomic mass is 9.71. The van der Waals surface area contributed by atoms with Crippen LogP contribution in [0.1, 0.15) is 54.6 Å². The average molecular weight is 388 g/mol. The van der Waals surface area contributed by atoms with Crippen molar-refractivity contribution in [2.75, 3.05) is 13.1 Å². The Labute approximate surface area is 159 Å². The molecule has 0 unspecified atom stereocenters. The Hall–Kier alpha value is -2.12. The highest BCUT2D eigenvalue weighted by Crippen LogP contribution is 2.41. The smallest absolute Gasteiger partial charge is 0.287 e. The molecule has 6 nitrogen and oxygen atoms in total. The second-order valence-electron chi connectivity index (χ2n) is 7.34. The highest BCUT2D eigenvalue weighted by molar-refractivity contribution is 7.89. The van der Waals surface area contributed by atoms with E-state index in [0.717, 1.165) is 44.1 Å². The molecule has 1 aromatic carbocycles. The molecule has 0 radical (unpaired) electrons. The monoisotopic (exact) mass is 388 g/mol. The lowest BCUT2D eigenvalue weighted by molar-refractivity contribution is 0.0789. The number of hydrogen-bond donors (Lipinski definition) is 1. The molecule has 1 N–H and O–H groups in total. The Balaban J connectivity index is 1.52. The number of nitrogens with one attached hydrogen (secondary N) is 1. The molecule has 1 amide bonds. The van der Waals surface area contributed by atoms with Crippen molar-refractivity contribution in [2.45, 2.75) is 49.2 Å². The van der Waals surface area contributed by atoms with Crippen LogP contribution in [0.5, 0.6) is 0 Å². The predicted octanol–water partition coefficient (Wildman–Crippen LogP) is 3.26. The van der Waals surface area contributed by atoms with Crippen molar-refractivity contribution in [2.24, 2.45) is 0 Å². The van der Waals surface area contributed by atoms with Gasteiger partial charge in [0.2, 0.25) is 5.09 Å². The summed E-state index contributed by atoms with van der Waals surface area (Å²) in [6, 6.07) is 12.7. The Bertz CT molecular complexity index is 910. The molecule has 4 rings (SSSR count). The summed E-state index contributed by atoms with van der Waals surface area (Å²) in [5.41, 5.74) is 0.675. The van der Waals surface area contributed by atoms with Crippen LogP contribution in [0.25, 0.3) is 0 Å².